The van der Waals surface area contributed by atoms with E-state index in [1.165, 1.54) is 23.7 Å². The Kier molecular flexibility index (Phi) is 6.03. The fraction of sp³-hybridized carbons (Fsp3) is 0.500. The van der Waals surface area contributed by atoms with Crippen LogP contribution in [0.5, 0.6) is 0 Å². The first-order chi connectivity index (χ1) is 11.1. The molecule has 0 amide bonds. The second-order valence-electron chi connectivity index (χ2n) is 6.75. The number of hydrogen-bond donors (Lipinski definition) is 0. The van der Waals surface area contributed by atoms with Crippen molar-refractivity contribution in [3.63, 3.8) is 0 Å². The molecule has 2 atom stereocenters. The number of morpholine rings is 1. The Morgan fingerprint density at radius 1 is 0.913 bits per heavy atom. The average Bonchev–Trinajstić information content (AvgIpc) is 3.22. The molecule has 1 unspecified atom stereocenters. The van der Waals surface area contributed by atoms with Crippen LogP contribution in [-0.4, -0.2) is 62.3 Å². The standard InChI is InChI=1S/C20H28N2O/c1-15(21(3)4)17-7-5-9-19(17)20-10-6-8-18(20)16(2)22-11-13-23-14-12-22/h5-10,15-16H,11-14H2,1-4H3/t15-,16?/m0/s1. The van der Waals surface area contributed by atoms with Crippen LogP contribution in [0.2, 0.25) is 0 Å². The molecule has 3 fully saturated rings. The van der Waals surface area contributed by atoms with Gasteiger partial charge in [0, 0.05) is 37.0 Å². The van der Waals surface area contributed by atoms with E-state index >= 15 is 0 Å². The number of ether oxygens (including phenoxy) is 1. The lowest BCUT2D eigenvalue weighted by atomic mass is 9.73. The smallest absolute Gasteiger partial charge is 0.0594 e. The molecule has 10 radical (unpaired) electrons. The molecule has 3 nitrogen and oxygen atoms in total. The second-order valence-corrected chi connectivity index (χ2v) is 6.75. The van der Waals surface area contributed by atoms with E-state index in [0.29, 0.717) is 12.1 Å². The summed E-state index contributed by atoms with van der Waals surface area (Å²) < 4.78 is 5.50. The van der Waals surface area contributed by atoms with Gasteiger partial charge in [-0.3, -0.25) is 4.90 Å². The lowest BCUT2D eigenvalue weighted by Gasteiger charge is -2.40. The van der Waals surface area contributed by atoms with Crippen LogP contribution in [0.25, 0.3) is 0 Å². The van der Waals surface area contributed by atoms with Crippen molar-refractivity contribution in [2.24, 2.45) is 0 Å². The first kappa shape index (κ1) is 17.7. The van der Waals surface area contributed by atoms with E-state index < -0.39 is 0 Å². The molecule has 3 rings (SSSR count). The van der Waals surface area contributed by atoms with E-state index in [1.807, 2.05) is 0 Å². The van der Waals surface area contributed by atoms with Crippen molar-refractivity contribution in [3.8, 4) is 0 Å². The summed E-state index contributed by atoms with van der Waals surface area (Å²) in [6.45, 7) is 8.33. The number of rotatable bonds is 5. The predicted octanol–water partition coefficient (Wildman–Crippen LogP) is 2.21. The molecule has 3 aliphatic rings. The van der Waals surface area contributed by atoms with E-state index in [9.17, 15) is 0 Å². The minimum Gasteiger partial charge on any atom is -0.379 e. The number of nitrogens with zero attached hydrogens (tertiary/aromatic N) is 2. The van der Waals surface area contributed by atoms with Crippen LogP contribution >= 0.6 is 0 Å². The Morgan fingerprint density at radius 2 is 1.48 bits per heavy atom. The van der Waals surface area contributed by atoms with Crippen molar-refractivity contribution in [1.29, 1.82) is 0 Å². The summed E-state index contributed by atoms with van der Waals surface area (Å²) in [5, 5.41) is 0. The fourth-order valence-electron chi connectivity index (χ4n) is 3.53. The SMILES string of the molecule is CC([C]1[CH][CH][CH][C]1[C]1[CH][CH][CH][C]1[C@H](C)N(C)C)N1CCOCC1. The van der Waals surface area contributed by atoms with Crippen molar-refractivity contribution in [3.05, 3.63) is 62.2 Å². The highest BCUT2D eigenvalue weighted by Gasteiger charge is 2.46. The third-order valence-electron chi connectivity index (χ3n) is 5.26. The van der Waals surface area contributed by atoms with Crippen molar-refractivity contribution in [1.82, 2.24) is 9.80 Å². The Balaban J connectivity index is 1.67. The van der Waals surface area contributed by atoms with Gasteiger partial charge in [0.2, 0.25) is 0 Å². The molecule has 2 aliphatic carbocycles. The molecule has 0 aromatic carbocycles. The lowest BCUT2D eigenvalue weighted by Crippen LogP contribution is -2.46. The van der Waals surface area contributed by atoms with Gasteiger partial charge in [0.05, 0.1) is 13.2 Å². The molecule has 1 aliphatic heterocycles. The molecule has 3 heteroatoms. The monoisotopic (exact) mass is 312 g/mol. The van der Waals surface area contributed by atoms with Gasteiger partial charge in [0.1, 0.15) is 0 Å². The van der Waals surface area contributed by atoms with Gasteiger partial charge in [-0.2, -0.15) is 0 Å². The van der Waals surface area contributed by atoms with E-state index in [2.05, 4.69) is 76.3 Å². The van der Waals surface area contributed by atoms with E-state index in [-0.39, 0.29) is 0 Å². The van der Waals surface area contributed by atoms with Crippen LogP contribution in [0.1, 0.15) is 13.8 Å². The molecule has 2 saturated carbocycles. The van der Waals surface area contributed by atoms with Crippen LogP contribution in [0.4, 0.5) is 0 Å². The molecule has 0 N–H and O–H groups in total. The van der Waals surface area contributed by atoms with Gasteiger partial charge in [0.25, 0.3) is 0 Å². The highest BCUT2D eigenvalue weighted by atomic mass is 16.5. The van der Waals surface area contributed by atoms with Gasteiger partial charge in [-0.1, -0.05) is 0 Å². The van der Waals surface area contributed by atoms with Gasteiger partial charge in [-0.15, -0.1) is 0 Å². The van der Waals surface area contributed by atoms with E-state index in [4.69, 9.17) is 4.74 Å². The minimum atomic E-state index is 0.418. The second kappa shape index (κ2) is 7.84. The maximum Gasteiger partial charge on any atom is 0.0594 e. The van der Waals surface area contributed by atoms with Crippen LogP contribution in [-0.2, 0) is 4.74 Å². The molecule has 0 aromatic heterocycles. The molecule has 1 saturated heterocycles. The summed E-state index contributed by atoms with van der Waals surface area (Å²) >= 11 is 0. The quantitative estimate of drug-likeness (QED) is 0.774. The Bertz CT molecular complexity index is 367. The summed E-state index contributed by atoms with van der Waals surface area (Å²) in [7, 11) is 4.29. The zero-order valence-electron chi connectivity index (χ0n) is 14.7. The Labute approximate surface area is 143 Å². The minimum absolute atomic E-state index is 0.418. The summed E-state index contributed by atoms with van der Waals surface area (Å²) in [6.07, 6.45) is 13.5. The van der Waals surface area contributed by atoms with Crippen molar-refractivity contribution < 1.29 is 4.74 Å². The maximum absolute atomic E-state index is 5.50. The molecule has 0 bridgehead atoms. The van der Waals surface area contributed by atoms with Gasteiger partial charge in [0.15, 0.2) is 0 Å². The summed E-state index contributed by atoms with van der Waals surface area (Å²) in [6, 6.07) is 0.850. The Hall–Kier alpha value is -0.120. The molecule has 124 valence electrons. The summed E-state index contributed by atoms with van der Waals surface area (Å²) in [4.78, 5) is 4.80. The van der Waals surface area contributed by atoms with Crippen molar-refractivity contribution in [2.75, 3.05) is 40.4 Å². The van der Waals surface area contributed by atoms with Gasteiger partial charge in [-0.05, 0) is 78.3 Å². The average molecular weight is 312 g/mol. The zero-order valence-corrected chi connectivity index (χ0v) is 14.7. The third-order valence-corrected chi connectivity index (χ3v) is 5.26. The largest absolute Gasteiger partial charge is 0.379 e. The molecule has 1 heterocycles. The first-order valence-electron chi connectivity index (χ1n) is 8.59. The predicted molar refractivity (Wildman–Crippen MR) is 93.8 cm³/mol. The third kappa shape index (κ3) is 3.77. The normalized spacial score (nSPS) is 29.6. The number of hydrogen-bond acceptors (Lipinski definition) is 3. The first-order valence-corrected chi connectivity index (χ1v) is 8.59. The maximum atomic E-state index is 5.50. The van der Waals surface area contributed by atoms with Crippen LogP contribution in [0, 0.1) is 62.2 Å². The molecular formula is C20H28N2O. The van der Waals surface area contributed by atoms with Gasteiger partial charge < -0.3 is 9.64 Å². The van der Waals surface area contributed by atoms with Gasteiger partial charge >= 0.3 is 0 Å². The zero-order chi connectivity index (χ0) is 16.4. The van der Waals surface area contributed by atoms with Gasteiger partial charge in [-0.25, -0.2) is 0 Å². The topological polar surface area (TPSA) is 15.7 Å². The summed E-state index contributed by atoms with van der Waals surface area (Å²) in [5.41, 5.74) is 0. The van der Waals surface area contributed by atoms with Crippen LogP contribution in [0.3, 0.4) is 0 Å². The van der Waals surface area contributed by atoms with Crippen molar-refractivity contribution >= 4 is 0 Å². The Morgan fingerprint density at radius 3 is 2.09 bits per heavy atom. The molecular weight excluding hydrogens is 284 g/mol. The van der Waals surface area contributed by atoms with E-state index in [0.717, 1.165) is 26.3 Å². The van der Waals surface area contributed by atoms with Crippen LogP contribution in [0.15, 0.2) is 0 Å². The molecule has 23 heavy (non-hydrogen) atoms. The van der Waals surface area contributed by atoms with E-state index in [1.54, 1.807) is 0 Å². The highest BCUT2D eigenvalue weighted by molar-refractivity contribution is 5.65. The highest BCUT2D eigenvalue weighted by Crippen LogP contribution is 2.52. The summed E-state index contributed by atoms with van der Waals surface area (Å²) in [5.74, 6) is 5.62. The van der Waals surface area contributed by atoms with Crippen LogP contribution < -0.4 is 0 Å². The lowest BCUT2D eigenvalue weighted by molar-refractivity contribution is 0.0239. The fourth-order valence-corrected chi connectivity index (χ4v) is 3.53. The van der Waals surface area contributed by atoms with Crippen molar-refractivity contribution in [2.45, 2.75) is 25.9 Å². The molecule has 0 aromatic rings. The molecule has 0 spiro atoms.